The van der Waals surface area contributed by atoms with Gasteiger partial charge in [-0.05, 0) is 17.7 Å². The Morgan fingerprint density at radius 3 is 2.48 bits per heavy atom. The van der Waals surface area contributed by atoms with Gasteiger partial charge in [-0.2, -0.15) is 0 Å². The van der Waals surface area contributed by atoms with E-state index in [2.05, 4.69) is 4.98 Å². The van der Waals surface area contributed by atoms with Crippen LogP contribution in [0.15, 0.2) is 66.9 Å². The van der Waals surface area contributed by atoms with E-state index in [0.717, 1.165) is 22.3 Å². The van der Waals surface area contributed by atoms with Crippen molar-refractivity contribution in [1.29, 1.82) is 0 Å². The van der Waals surface area contributed by atoms with Crippen LogP contribution in [0.25, 0.3) is 11.1 Å². The van der Waals surface area contributed by atoms with Gasteiger partial charge in [0.05, 0.1) is 7.11 Å². The molecule has 0 aliphatic carbocycles. The number of para-hydroxylation sites is 1. The van der Waals surface area contributed by atoms with E-state index >= 15 is 0 Å². The fraction of sp³-hybridized carbons (Fsp3) is 0.100. The summed E-state index contributed by atoms with van der Waals surface area (Å²) in [5, 5.41) is 0.323. The third kappa shape index (κ3) is 3.64. The number of pyridine rings is 1. The van der Waals surface area contributed by atoms with E-state index < -0.39 is 6.10 Å². The van der Waals surface area contributed by atoms with Gasteiger partial charge in [-0.25, -0.2) is 4.98 Å². The van der Waals surface area contributed by atoms with Crippen LogP contribution in [-0.2, 0) is 9.53 Å². The molecule has 0 bridgehead atoms. The first kappa shape index (κ1) is 17.0. The number of carbonyl (C=O) groups is 1. The second-order valence-corrected chi connectivity index (χ2v) is 5.70. The predicted octanol–water partition coefficient (Wildman–Crippen LogP) is 4.67. The van der Waals surface area contributed by atoms with E-state index in [4.69, 9.17) is 21.1 Å². The van der Waals surface area contributed by atoms with E-state index in [1.165, 1.54) is 0 Å². The summed E-state index contributed by atoms with van der Waals surface area (Å²) in [4.78, 5) is 15.3. The Morgan fingerprint density at radius 2 is 1.76 bits per heavy atom. The van der Waals surface area contributed by atoms with Crippen molar-refractivity contribution in [2.24, 2.45) is 0 Å². The summed E-state index contributed by atoms with van der Waals surface area (Å²) in [5.41, 5.74) is 3.22. The molecular formula is C20H16ClNO3. The molecule has 0 aliphatic heterocycles. The van der Waals surface area contributed by atoms with Crippen molar-refractivity contribution >= 4 is 18.1 Å². The van der Waals surface area contributed by atoms with Crippen molar-refractivity contribution in [3.8, 4) is 16.9 Å². The SMILES string of the molecule is COc1ccccc1-c1cnc(Cl)cc1C(OC=O)c1ccccc1. The minimum Gasteiger partial charge on any atom is -0.496 e. The number of rotatable bonds is 6. The maximum absolute atomic E-state index is 11.1. The van der Waals surface area contributed by atoms with E-state index in [-0.39, 0.29) is 0 Å². The number of hydrogen-bond acceptors (Lipinski definition) is 4. The van der Waals surface area contributed by atoms with Crippen LogP contribution >= 0.6 is 11.6 Å². The number of methoxy groups -OCH3 is 1. The summed E-state index contributed by atoms with van der Waals surface area (Å²) in [5.74, 6) is 0.700. The highest BCUT2D eigenvalue weighted by molar-refractivity contribution is 6.29. The smallest absolute Gasteiger partial charge is 0.294 e. The topological polar surface area (TPSA) is 48.4 Å². The van der Waals surface area contributed by atoms with Crippen LogP contribution < -0.4 is 4.74 Å². The Hall–Kier alpha value is -2.85. The van der Waals surface area contributed by atoms with Crippen LogP contribution in [0.2, 0.25) is 5.15 Å². The van der Waals surface area contributed by atoms with Crippen LogP contribution in [0.4, 0.5) is 0 Å². The van der Waals surface area contributed by atoms with Gasteiger partial charge in [-0.3, -0.25) is 4.79 Å². The highest BCUT2D eigenvalue weighted by atomic mass is 35.5. The fourth-order valence-corrected chi connectivity index (χ4v) is 2.93. The largest absolute Gasteiger partial charge is 0.496 e. The number of aromatic nitrogens is 1. The summed E-state index contributed by atoms with van der Waals surface area (Å²) in [6.45, 7) is 0.442. The molecular weight excluding hydrogens is 338 g/mol. The maximum atomic E-state index is 11.1. The van der Waals surface area contributed by atoms with Crippen LogP contribution in [0.5, 0.6) is 5.75 Å². The first-order chi connectivity index (χ1) is 12.2. The molecule has 1 heterocycles. The monoisotopic (exact) mass is 353 g/mol. The minimum absolute atomic E-state index is 0.323. The Balaban J connectivity index is 2.20. The molecule has 0 spiro atoms. The van der Waals surface area contributed by atoms with Crippen molar-refractivity contribution < 1.29 is 14.3 Å². The third-order valence-corrected chi connectivity index (χ3v) is 4.08. The predicted molar refractivity (Wildman–Crippen MR) is 96.7 cm³/mol. The molecule has 0 N–H and O–H groups in total. The quantitative estimate of drug-likeness (QED) is 0.477. The van der Waals surface area contributed by atoms with Gasteiger partial charge < -0.3 is 9.47 Å². The summed E-state index contributed by atoms with van der Waals surface area (Å²) in [7, 11) is 1.61. The lowest BCUT2D eigenvalue weighted by Gasteiger charge is -2.20. The van der Waals surface area contributed by atoms with Crippen molar-refractivity contribution in [2.45, 2.75) is 6.10 Å². The number of ether oxygens (including phenoxy) is 2. The van der Waals surface area contributed by atoms with Crippen molar-refractivity contribution in [3.63, 3.8) is 0 Å². The molecule has 4 nitrogen and oxygen atoms in total. The Bertz CT molecular complexity index is 868. The van der Waals surface area contributed by atoms with Gasteiger partial charge in [0, 0.05) is 22.9 Å². The molecule has 25 heavy (non-hydrogen) atoms. The van der Waals surface area contributed by atoms with Crippen LogP contribution in [0.3, 0.4) is 0 Å². The standard InChI is InChI=1S/C20H16ClNO3/c1-24-18-10-6-5-9-15(18)17-12-22-19(21)11-16(17)20(25-13-23)14-7-3-2-4-8-14/h2-13,20H,1H3. The van der Waals surface area contributed by atoms with Gasteiger partial charge in [0.15, 0.2) is 6.10 Å². The van der Waals surface area contributed by atoms with Crippen LogP contribution in [-0.4, -0.2) is 18.6 Å². The molecule has 1 atom stereocenters. The Kier molecular flexibility index (Phi) is 5.31. The van der Waals surface area contributed by atoms with Gasteiger partial charge in [-0.1, -0.05) is 60.1 Å². The molecule has 0 saturated heterocycles. The van der Waals surface area contributed by atoms with Gasteiger partial charge in [0.1, 0.15) is 10.9 Å². The number of benzene rings is 2. The number of halogens is 1. The lowest BCUT2D eigenvalue weighted by atomic mass is 9.94. The zero-order chi connectivity index (χ0) is 17.6. The summed E-state index contributed by atoms with van der Waals surface area (Å²) in [6, 6.07) is 18.8. The molecule has 1 aromatic heterocycles. The Morgan fingerprint density at radius 1 is 1.04 bits per heavy atom. The molecule has 5 heteroatoms. The van der Waals surface area contributed by atoms with Crippen LogP contribution in [0, 0.1) is 0 Å². The number of carbonyl (C=O) groups excluding carboxylic acids is 1. The van der Waals surface area contributed by atoms with Crippen LogP contribution in [0.1, 0.15) is 17.2 Å². The summed E-state index contributed by atoms with van der Waals surface area (Å²) >= 11 is 6.12. The molecule has 0 radical (unpaired) electrons. The average molecular weight is 354 g/mol. The molecule has 1 unspecified atom stereocenters. The molecule has 2 aromatic carbocycles. The van der Waals surface area contributed by atoms with E-state index in [1.54, 1.807) is 19.4 Å². The first-order valence-electron chi connectivity index (χ1n) is 7.67. The van der Waals surface area contributed by atoms with E-state index in [0.29, 0.717) is 17.4 Å². The molecule has 0 saturated carbocycles. The highest BCUT2D eigenvalue weighted by Gasteiger charge is 2.22. The van der Waals surface area contributed by atoms with Crippen molar-refractivity contribution in [2.75, 3.05) is 7.11 Å². The normalized spacial score (nSPS) is 11.6. The second-order valence-electron chi connectivity index (χ2n) is 5.32. The van der Waals surface area contributed by atoms with Crippen molar-refractivity contribution in [3.05, 3.63) is 83.1 Å². The maximum Gasteiger partial charge on any atom is 0.294 e. The second kappa shape index (κ2) is 7.81. The van der Waals surface area contributed by atoms with Gasteiger partial charge in [0.25, 0.3) is 6.47 Å². The van der Waals surface area contributed by atoms with Gasteiger partial charge >= 0.3 is 0 Å². The lowest BCUT2D eigenvalue weighted by Crippen LogP contribution is -2.08. The molecule has 3 rings (SSSR count). The number of hydrogen-bond donors (Lipinski definition) is 0. The summed E-state index contributed by atoms with van der Waals surface area (Å²) in [6.07, 6.45) is 1.07. The first-order valence-corrected chi connectivity index (χ1v) is 8.05. The average Bonchev–Trinajstić information content (AvgIpc) is 2.67. The lowest BCUT2D eigenvalue weighted by molar-refractivity contribution is -0.132. The van der Waals surface area contributed by atoms with Gasteiger partial charge in [0.2, 0.25) is 0 Å². The molecule has 0 aliphatic rings. The molecule has 0 amide bonds. The van der Waals surface area contributed by atoms with E-state index in [9.17, 15) is 4.79 Å². The zero-order valence-corrected chi connectivity index (χ0v) is 14.3. The minimum atomic E-state index is -0.598. The van der Waals surface area contributed by atoms with Gasteiger partial charge in [-0.15, -0.1) is 0 Å². The number of nitrogens with zero attached hydrogens (tertiary/aromatic N) is 1. The third-order valence-electron chi connectivity index (χ3n) is 3.88. The molecule has 126 valence electrons. The fourth-order valence-electron chi connectivity index (χ4n) is 2.77. The van der Waals surface area contributed by atoms with Crippen molar-refractivity contribution in [1.82, 2.24) is 4.98 Å². The Labute approximate surface area is 151 Å². The molecule has 0 fully saturated rings. The zero-order valence-electron chi connectivity index (χ0n) is 13.6. The van der Waals surface area contributed by atoms with E-state index in [1.807, 2.05) is 54.6 Å². The summed E-state index contributed by atoms with van der Waals surface area (Å²) < 4.78 is 10.9. The highest BCUT2D eigenvalue weighted by Crippen LogP contribution is 2.38. The molecule has 3 aromatic rings.